The fourth-order valence-corrected chi connectivity index (χ4v) is 3.39. The third-order valence-electron chi connectivity index (χ3n) is 4.71. The lowest BCUT2D eigenvalue weighted by Gasteiger charge is -2.23. The van der Waals surface area contributed by atoms with Crippen molar-refractivity contribution >= 4 is 22.4 Å². The van der Waals surface area contributed by atoms with Gasteiger partial charge in [-0.15, -0.1) is 0 Å². The summed E-state index contributed by atoms with van der Waals surface area (Å²) < 4.78 is 2.32. The van der Waals surface area contributed by atoms with Gasteiger partial charge >= 0.3 is 0 Å². The average molecular weight is 352 g/mol. The van der Waals surface area contributed by atoms with Crippen LogP contribution in [0.3, 0.4) is 0 Å². The summed E-state index contributed by atoms with van der Waals surface area (Å²) in [4.78, 5) is 5.08. The fourth-order valence-electron chi connectivity index (χ4n) is 3.39. The molecule has 1 heterocycles. The highest BCUT2D eigenvalue weighted by molar-refractivity contribution is 6.07. The van der Waals surface area contributed by atoms with Gasteiger partial charge < -0.3 is 0 Å². The minimum atomic E-state index is -0.00867. The van der Waals surface area contributed by atoms with Crippen LogP contribution in [-0.2, 0) is 5.41 Å². The Labute approximate surface area is 160 Å². The van der Waals surface area contributed by atoms with Gasteiger partial charge in [-0.25, -0.2) is 4.99 Å². The second-order valence-electron chi connectivity index (χ2n) is 7.81. The molecule has 0 spiro atoms. The topological polar surface area (TPSA) is 17.3 Å². The average Bonchev–Trinajstić information content (AvgIpc) is 3.07. The summed E-state index contributed by atoms with van der Waals surface area (Å²) in [6, 6.07) is 31.4. The summed E-state index contributed by atoms with van der Waals surface area (Å²) in [5, 5.41) is 1.24. The molecule has 0 saturated heterocycles. The second-order valence-corrected chi connectivity index (χ2v) is 7.81. The second kappa shape index (κ2) is 6.88. The van der Waals surface area contributed by atoms with Gasteiger partial charge in [0.15, 0.2) is 0 Å². The largest absolute Gasteiger partial charge is 0.297 e. The maximum absolute atomic E-state index is 5.08. The molecule has 0 bridgehead atoms. The van der Waals surface area contributed by atoms with Gasteiger partial charge in [0.05, 0.1) is 11.2 Å². The number of aliphatic imine (C=N–C) groups is 1. The van der Waals surface area contributed by atoms with E-state index >= 15 is 0 Å². The monoisotopic (exact) mass is 352 g/mol. The predicted molar refractivity (Wildman–Crippen MR) is 115 cm³/mol. The van der Waals surface area contributed by atoms with Crippen molar-refractivity contribution in [1.29, 1.82) is 0 Å². The predicted octanol–water partition coefficient (Wildman–Crippen LogP) is 6.57. The molecular formula is C25H24N2. The summed E-state index contributed by atoms with van der Waals surface area (Å²) in [5.41, 5.74) is 4.48. The molecule has 0 saturated carbocycles. The van der Waals surface area contributed by atoms with Gasteiger partial charge in [0, 0.05) is 22.1 Å². The van der Waals surface area contributed by atoms with Crippen LogP contribution in [0.5, 0.6) is 0 Å². The molecule has 3 aromatic carbocycles. The van der Waals surface area contributed by atoms with Crippen LogP contribution in [0.2, 0.25) is 0 Å². The van der Waals surface area contributed by atoms with Gasteiger partial charge in [-0.3, -0.25) is 4.57 Å². The van der Waals surface area contributed by atoms with Gasteiger partial charge in [0.1, 0.15) is 5.84 Å². The Balaban J connectivity index is 2.06. The Morgan fingerprint density at radius 1 is 0.741 bits per heavy atom. The molecule has 0 unspecified atom stereocenters. The quantitative estimate of drug-likeness (QED) is 0.287. The number of aromatic nitrogens is 1. The van der Waals surface area contributed by atoms with Crippen molar-refractivity contribution in [2.75, 3.05) is 0 Å². The van der Waals surface area contributed by atoms with E-state index in [1.807, 2.05) is 36.4 Å². The van der Waals surface area contributed by atoms with Crippen LogP contribution < -0.4 is 0 Å². The molecule has 0 aliphatic heterocycles. The minimum Gasteiger partial charge on any atom is -0.297 e. The van der Waals surface area contributed by atoms with Crippen molar-refractivity contribution in [3.05, 3.63) is 102 Å². The van der Waals surface area contributed by atoms with E-state index in [4.69, 9.17) is 4.99 Å². The molecule has 0 radical (unpaired) electrons. The lowest BCUT2D eigenvalue weighted by Crippen LogP contribution is -2.23. The molecule has 2 heteroatoms. The highest BCUT2D eigenvalue weighted by Crippen LogP contribution is 2.31. The number of rotatable bonds is 2. The Morgan fingerprint density at radius 3 is 2.00 bits per heavy atom. The Kier molecular flexibility index (Phi) is 4.41. The van der Waals surface area contributed by atoms with E-state index in [0.717, 1.165) is 17.1 Å². The zero-order valence-corrected chi connectivity index (χ0v) is 16.1. The lowest BCUT2D eigenvalue weighted by atomic mass is 9.92. The van der Waals surface area contributed by atoms with Crippen LogP contribution >= 0.6 is 0 Å². The van der Waals surface area contributed by atoms with Crippen LogP contribution in [0.15, 0.2) is 96.0 Å². The number of hydrogen-bond acceptors (Lipinski definition) is 1. The number of nitrogens with zero attached hydrogens (tertiary/aromatic N) is 2. The molecule has 0 atom stereocenters. The van der Waals surface area contributed by atoms with Crippen molar-refractivity contribution in [1.82, 2.24) is 4.57 Å². The third kappa shape index (κ3) is 3.43. The van der Waals surface area contributed by atoms with Gasteiger partial charge in [0.25, 0.3) is 0 Å². The van der Waals surface area contributed by atoms with Crippen LogP contribution in [0.25, 0.3) is 10.9 Å². The molecule has 0 fully saturated rings. The molecule has 2 nitrogen and oxygen atoms in total. The Morgan fingerprint density at radius 2 is 1.33 bits per heavy atom. The standard InChI is InChI=1S/C25H24N2/c1-25(2,3)23-18-20-14-10-11-17-22(20)27(23)24(19-12-6-4-7-13-19)26-21-15-8-5-9-16-21/h4-18H,1-3H3. The van der Waals surface area contributed by atoms with Gasteiger partial charge in [-0.2, -0.15) is 0 Å². The SMILES string of the molecule is CC(C)(C)c1cc2ccccc2n1C(=Nc1ccccc1)c1ccccc1. The van der Waals surface area contributed by atoms with E-state index in [1.165, 1.54) is 16.6 Å². The lowest BCUT2D eigenvalue weighted by molar-refractivity contribution is 0.564. The van der Waals surface area contributed by atoms with E-state index in [0.29, 0.717) is 0 Å². The number of hydrogen-bond donors (Lipinski definition) is 0. The number of fused-ring (bicyclic) bond motifs is 1. The van der Waals surface area contributed by atoms with E-state index in [9.17, 15) is 0 Å². The molecular weight excluding hydrogens is 328 g/mol. The zero-order chi connectivity index (χ0) is 18.9. The summed E-state index contributed by atoms with van der Waals surface area (Å²) >= 11 is 0. The van der Waals surface area contributed by atoms with Crippen molar-refractivity contribution in [2.24, 2.45) is 4.99 Å². The summed E-state index contributed by atoms with van der Waals surface area (Å²) in [6.07, 6.45) is 0. The van der Waals surface area contributed by atoms with Crippen LogP contribution in [0.1, 0.15) is 32.0 Å². The maximum Gasteiger partial charge on any atom is 0.145 e. The highest BCUT2D eigenvalue weighted by atomic mass is 15.1. The first-order chi connectivity index (χ1) is 13.0. The summed E-state index contributed by atoms with van der Waals surface area (Å²) in [5.74, 6) is 0.952. The molecule has 0 aliphatic rings. The fraction of sp³-hybridized carbons (Fsp3) is 0.160. The molecule has 0 N–H and O–H groups in total. The van der Waals surface area contributed by atoms with E-state index < -0.39 is 0 Å². The van der Waals surface area contributed by atoms with E-state index in [-0.39, 0.29) is 5.41 Å². The molecule has 1 aromatic heterocycles. The van der Waals surface area contributed by atoms with E-state index in [1.54, 1.807) is 0 Å². The summed E-state index contributed by atoms with van der Waals surface area (Å²) in [7, 11) is 0. The van der Waals surface area contributed by atoms with Crippen LogP contribution in [0, 0.1) is 0 Å². The normalized spacial score (nSPS) is 12.5. The van der Waals surface area contributed by atoms with Gasteiger partial charge in [0.2, 0.25) is 0 Å². The zero-order valence-electron chi connectivity index (χ0n) is 16.1. The van der Waals surface area contributed by atoms with Crippen LogP contribution in [0.4, 0.5) is 5.69 Å². The van der Waals surface area contributed by atoms with Crippen molar-refractivity contribution in [3.63, 3.8) is 0 Å². The molecule has 27 heavy (non-hydrogen) atoms. The smallest absolute Gasteiger partial charge is 0.145 e. The molecule has 4 rings (SSSR count). The molecule has 134 valence electrons. The number of para-hydroxylation sites is 2. The maximum atomic E-state index is 5.08. The van der Waals surface area contributed by atoms with E-state index in [2.05, 4.69) is 79.9 Å². The summed E-state index contributed by atoms with van der Waals surface area (Å²) in [6.45, 7) is 6.76. The number of benzene rings is 3. The first kappa shape index (κ1) is 17.3. The Bertz CT molecular complexity index is 1080. The molecule has 0 aliphatic carbocycles. The third-order valence-corrected chi connectivity index (χ3v) is 4.71. The first-order valence-electron chi connectivity index (χ1n) is 9.34. The van der Waals surface area contributed by atoms with Gasteiger partial charge in [-0.05, 0) is 24.3 Å². The van der Waals surface area contributed by atoms with Crippen molar-refractivity contribution < 1.29 is 0 Å². The first-order valence-corrected chi connectivity index (χ1v) is 9.34. The van der Waals surface area contributed by atoms with Gasteiger partial charge in [-0.1, -0.05) is 87.5 Å². The van der Waals surface area contributed by atoms with Crippen molar-refractivity contribution in [2.45, 2.75) is 26.2 Å². The van der Waals surface area contributed by atoms with Crippen molar-refractivity contribution in [3.8, 4) is 0 Å². The van der Waals surface area contributed by atoms with Crippen LogP contribution in [-0.4, -0.2) is 10.4 Å². The highest BCUT2D eigenvalue weighted by Gasteiger charge is 2.24. The molecule has 0 amide bonds. The molecule has 4 aromatic rings. The Hall–Kier alpha value is -3.13. The minimum absolute atomic E-state index is 0.00867.